The molecule has 0 radical (unpaired) electrons. The van der Waals surface area contributed by atoms with Crippen LogP contribution in [0.5, 0.6) is 0 Å². The highest BCUT2D eigenvalue weighted by atomic mass is 35.5. The van der Waals surface area contributed by atoms with Gasteiger partial charge < -0.3 is 0 Å². The van der Waals surface area contributed by atoms with E-state index in [-0.39, 0.29) is 12.2 Å². The molecule has 0 saturated carbocycles. The summed E-state index contributed by atoms with van der Waals surface area (Å²) in [4.78, 5) is 0. The number of nitrogens with one attached hydrogen (secondary N) is 1. The smallest absolute Gasteiger partial charge is 0.154 e. The Hall–Kier alpha value is -0.690. The highest BCUT2D eigenvalue weighted by Gasteiger charge is 2.35. The normalized spacial score (nSPS) is 23.4. The summed E-state index contributed by atoms with van der Waals surface area (Å²) in [6.07, 6.45) is 2.29. The maximum absolute atomic E-state index is 13.7. The summed E-state index contributed by atoms with van der Waals surface area (Å²) >= 11 is 5.85. The summed E-state index contributed by atoms with van der Waals surface area (Å²) in [6.45, 7) is 0. The van der Waals surface area contributed by atoms with Crippen molar-refractivity contribution in [1.82, 2.24) is 5.43 Å². The number of hydrogen-bond donors (Lipinski definition) is 2. The van der Waals surface area contributed by atoms with Gasteiger partial charge in [-0.05, 0) is 43.0 Å². The molecule has 0 spiro atoms. The zero-order valence-electron chi connectivity index (χ0n) is 11.0. The molecule has 1 aliphatic heterocycles. The van der Waals surface area contributed by atoms with Gasteiger partial charge in [-0.25, -0.2) is 12.8 Å². The second kappa shape index (κ2) is 6.39. The fraction of sp³-hybridized carbons (Fsp3) is 0.538. The van der Waals surface area contributed by atoms with E-state index in [4.69, 9.17) is 17.4 Å². The molecule has 2 rings (SSSR count). The van der Waals surface area contributed by atoms with Crippen molar-refractivity contribution in [2.75, 3.05) is 5.75 Å². The largest absolute Gasteiger partial charge is 0.271 e. The second-order valence-electron chi connectivity index (χ2n) is 5.11. The van der Waals surface area contributed by atoms with Gasteiger partial charge in [-0.1, -0.05) is 18.0 Å². The first-order chi connectivity index (χ1) is 9.44. The third-order valence-corrected chi connectivity index (χ3v) is 6.32. The molecule has 1 heterocycles. The Morgan fingerprint density at radius 2 is 2.20 bits per heavy atom. The molecular formula is C13H18ClFN2O2S. The van der Waals surface area contributed by atoms with Gasteiger partial charge in [0.1, 0.15) is 5.82 Å². The predicted molar refractivity (Wildman–Crippen MR) is 77.7 cm³/mol. The predicted octanol–water partition coefficient (Wildman–Crippen LogP) is 1.82. The van der Waals surface area contributed by atoms with E-state index in [1.165, 1.54) is 18.2 Å². The van der Waals surface area contributed by atoms with E-state index < -0.39 is 26.9 Å². The Balaban J connectivity index is 2.22. The van der Waals surface area contributed by atoms with Crippen molar-refractivity contribution in [3.05, 3.63) is 34.6 Å². The average Bonchev–Trinajstić information content (AvgIpc) is 2.40. The second-order valence-corrected chi connectivity index (χ2v) is 7.89. The van der Waals surface area contributed by atoms with Gasteiger partial charge in [0.05, 0.1) is 11.0 Å². The number of halogens is 2. The van der Waals surface area contributed by atoms with E-state index in [0.717, 1.165) is 6.42 Å². The van der Waals surface area contributed by atoms with Gasteiger partial charge in [0.2, 0.25) is 0 Å². The van der Waals surface area contributed by atoms with E-state index in [9.17, 15) is 12.8 Å². The first kappa shape index (κ1) is 15.7. The Bertz CT molecular complexity index is 580. The number of hydrazine groups is 1. The molecule has 1 fully saturated rings. The maximum atomic E-state index is 13.7. The number of hydrogen-bond acceptors (Lipinski definition) is 4. The number of benzene rings is 1. The van der Waals surface area contributed by atoms with Gasteiger partial charge in [-0.3, -0.25) is 11.3 Å². The molecule has 1 aromatic rings. The topological polar surface area (TPSA) is 72.2 Å². The van der Waals surface area contributed by atoms with Crippen molar-refractivity contribution in [2.45, 2.75) is 37.0 Å². The van der Waals surface area contributed by atoms with Gasteiger partial charge in [0.15, 0.2) is 9.84 Å². The van der Waals surface area contributed by atoms with E-state index in [2.05, 4.69) is 5.43 Å². The first-order valence-electron chi connectivity index (χ1n) is 6.55. The van der Waals surface area contributed by atoms with Crippen LogP contribution in [0.3, 0.4) is 0 Å². The van der Waals surface area contributed by atoms with Crippen molar-refractivity contribution in [3.63, 3.8) is 0 Å². The van der Waals surface area contributed by atoms with Crippen molar-refractivity contribution >= 4 is 21.4 Å². The van der Waals surface area contributed by atoms with Crippen LogP contribution < -0.4 is 11.3 Å². The maximum Gasteiger partial charge on any atom is 0.154 e. The van der Waals surface area contributed by atoms with Crippen molar-refractivity contribution in [2.24, 2.45) is 5.84 Å². The molecule has 3 N–H and O–H groups in total. The van der Waals surface area contributed by atoms with Crippen molar-refractivity contribution in [3.8, 4) is 0 Å². The van der Waals surface area contributed by atoms with Crippen molar-refractivity contribution in [1.29, 1.82) is 0 Å². The third kappa shape index (κ3) is 3.49. The third-order valence-electron chi connectivity index (χ3n) is 3.74. The zero-order valence-corrected chi connectivity index (χ0v) is 12.6. The minimum atomic E-state index is -3.18. The molecule has 0 amide bonds. The Labute approximate surface area is 123 Å². The molecule has 0 aliphatic carbocycles. The van der Waals surface area contributed by atoms with Gasteiger partial charge in [-0.15, -0.1) is 0 Å². The molecule has 7 heteroatoms. The molecule has 1 aromatic carbocycles. The number of rotatable bonds is 4. The first-order valence-corrected chi connectivity index (χ1v) is 8.65. The quantitative estimate of drug-likeness (QED) is 0.655. The number of sulfone groups is 1. The fourth-order valence-corrected chi connectivity index (χ4v) is 4.97. The summed E-state index contributed by atoms with van der Waals surface area (Å²) < 4.78 is 38.0. The lowest BCUT2D eigenvalue weighted by atomic mass is 9.99. The molecule has 0 aromatic heterocycles. The lowest BCUT2D eigenvalue weighted by molar-refractivity contribution is 0.435. The summed E-state index contributed by atoms with van der Waals surface area (Å²) in [6, 6.07) is 3.74. The lowest BCUT2D eigenvalue weighted by Gasteiger charge is -2.29. The molecule has 20 heavy (non-hydrogen) atoms. The molecule has 4 nitrogen and oxygen atoms in total. The summed E-state index contributed by atoms with van der Waals surface area (Å²) in [5.41, 5.74) is 2.91. The molecule has 2 atom stereocenters. The van der Waals surface area contributed by atoms with Crippen LogP contribution in [-0.4, -0.2) is 25.5 Å². The number of nitrogens with two attached hydrogens (primary N) is 1. The van der Waals surface area contributed by atoms with Crippen LogP contribution in [0.4, 0.5) is 4.39 Å². The highest BCUT2D eigenvalue weighted by molar-refractivity contribution is 7.92. The zero-order chi connectivity index (χ0) is 14.8. The van der Waals surface area contributed by atoms with Gasteiger partial charge in [0, 0.05) is 11.1 Å². The standard InChI is InChI=1S/C13H18ClFN2O2S/c14-10-4-5-11(15)9(7-10)8-12(17-16)13-3-1-2-6-20(13,18)19/h4-5,7,12-13,17H,1-3,6,8,16H2. The van der Waals surface area contributed by atoms with Crippen molar-refractivity contribution < 1.29 is 12.8 Å². The Kier molecular flexibility index (Phi) is 5.01. The lowest BCUT2D eigenvalue weighted by Crippen LogP contribution is -2.50. The molecule has 1 aliphatic rings. The average molecular weight is 321 g/mol. The van der Waals surface area contributed by atoms with Crippen LogP contribution in [0.1, 0.15) is 24.8 Å². The minimum Gasteiger partial charge on any atom is -0.271 e. The molecular weight excluding hydrogens is 303 g/mol. The SMILES string of the molecule is NNC(Cc1cc(Cl)ccc1F)C1CCCCS1(=O)=O. The summed E-state index contributed by atoms with van der Waals surface area (Å²) in [5, 5.41) is -0.150. The van der Waals surface area contributed by atoms with Gasteiger partial charge in [-0.2, -0.15) is 0 Å². The Morgan fingerprint density at radius 1 is 1.45 bits per heavy atom. The van der Waals surface area contributed by atoms with Crippen LogP contribution >= 0.6 is 11.6 Å². The van der Waals surface area contributed by atoms with E-state index >= 15 is 0 Å². The van der Waals surface area contributed by atoms with Gasteiger partial charge in [0.25, 0.3) is 0 Å². The fourth-order valence-electron chi connectivity index (χ4n) is 2.67. The van der Waals surface area contributed by atoms with E-state index in [1.54, 1.807) is 0 Å². The molecule has 0 bridgehead atoms. The van der Waals surface area contributed by atoms with Gasteiger partial charge >= 0.3 is 0 Å². The van der Waals surface area contributed by atoms with Crippen LogP contribution in [0.15, 0.2) is 18.2 Å². The Morgan fingerprint density at radius 3 is 2.85 bits per heavy atom. The monoisotopic (exact) mass is 320 g/mol. The molecule has 2 unspecified atom stereocenters. The van der Waals surface area contributed by atoms with E-state index in [1.807, 2.05) is 0 Å². The van der Waals surface area contributed by atoms with E-state index in [0.29, 0.717) is 23.4 Å². The highest BCUT2D eigenvalue weighted by Crippen LogP contribution is 2.25. The minimum absolute atomic E-state index is 0.174. The summed E-state index contributed by atoms with van der Waals surface area (Å²) in [5.74, 6) is 5.27. The summed E-state index contributed by atoms with van der Waals surface area (Å²) in [7, 11) is -3.18. The molecule has 112 valence electrons. The van der Waals surface area contributed by atoms with Crippen LogP contribution in [0, 0.1) is 5.82 Å². The van der Waals surface area contributed by atoms with Crippen LogP contribution in [-0.2, 0) is 16.3 Å². The van der Waals surface area contributed by atoms with Crippen LogP contribution in [0.25, 0.3) is 0 Å². The molecule has 1 saturated heterocycles. The van der Waals surface area contributed by atoms with Crippen LogP contribution in [0.2, 0.25) is 5.02 Å².